The van der Waals surface area contributed by atoms with Crippen molar-refractivity contribution in [2.24, 2.45) is 11.8 Å². The van der Waals surface area contributed by atoms with Gasteiger partial charge in [-0.15, -0.1) is 0 Å². The number of nitrogens with two attached hydrogens (primary N) is 1. The predicted molar refractivity (Wildman–Crippen MR) is 66.5 cm³/mol. The van der Waals surface area contributed by atoms with Gasteiger partial charge in [-0.2, -0.15) is 4.98 Å². The number of aromatic nitrogens is 2. The molecule has 3 N–H and O–H groups in total. The van der Waals surface area contributed by atoms with E-state index in [0.717, 1.165) is 12.8 Å². The van der Waals surface area contributed by atoms with Crippen LogP contribution in [0.3, 0.4) is 0 Å². The number of hydrazine groups is 1. The summed E-state index contributed by atoms with van der Waals surface area (Å²) in [5.41, 5.74) is 2.48. The van der Waals surface area contributed by atoms with E-state index >= 15 is 0 Å². The number of anilines is 1. The molecule has 0 radical (unpaired) electrons. The number of hydrogen-bond acceptors (Lipinski definition) is 5. The zero-order valence-electron chi connectivity index (χ0n) is 10.2. The summed E-state index contributed by atoms with van der Waals surface area (Å²) in [4.78, 5) is 8.28. The van der Waals surface area contributed by atoms with Crippen molar-refractivity contribution in [1.82, 2.24) is 9.97 Å². The molecule has 1 aliphatic carbocycles. The molecule has 0 aliphatic heterocycles. The van der Waals surface area contributed by atoms with Crippen LogP contribution in [0.15, 0.2) is 12.4 Å². The smallest absolute Gasteiger partial charge is 0.234 e. The van der Waals surface area contributed by atoms with Crippen LogP contribution in [0.1, 0.15) is 39.0 Å². The minimum absolute atomic E-state index is 0.274. The summed E-state index contributed by atoms with van der Waals surface area (Å²) < 4.78 is 5.93. The highest BCUT2D eigenvalue weighted by molar-refractivity contribution is 5.31. The maximum absolute atomic E-state index is 5.93. The Morgan fingerprint density at radius 3 is 3.00 bits per heavy atom. The summed E-state index contributed by atoms with van der Waals surface area (Å²) in [5, 5.41) is 0. The zero-order chi connectivity index (χ0) is 12.1. The molecule has 0 bridgehead atoms. The van der Waals surface area contributed by atoms with Gasteiger partial charge in [0.25, 0.3) is 0 Å². The first-order valence-electron chi connectivity index (χ1n) is 6.28. The summed E-state index contributed by atoms with van der Waals surface area (Å²) in [6.45, 7) is 2.22. The fourth-order valence-electron chi connectivity index (χ4n) is 2.43. The van der Waals surface area contributed by atoms with E-state index in [4.69, 9.17) is 10.6 Å². The van der Waals surface area contributed by atoms with E-state index in [1.807, 2.05) is 0 Å². The monoisotopic (exact) mass is 236 g/mol. The van der Waals surface area contributed by atoms with E-state index in [-0.39, 0.29) is 6.10 Å². The fraction of sp³-hybridized carbons (Fsp3) is 0.667. The average molecular weight is 236 g/mol. The molecule has 0 spiro atoms. The van der Waals surface area contributed by atoms with E-state index in [1.54, 1.807) is 12.4 Å². The topological polar surface area (TPSA) is 73.1 Å². The minimum atomic E-state index is 0.274. The standard InChI is InChI=1S/C12H20N4O/c1-2-9-5-3-4-6-10(9)17-12-8-14-7-11(15-12)16-13/h7-10H,2-6,13H2,1H3,(H,15,16). The third kappa shape index (κ3) is 3.06. The van der Waals surface area contributed by atoms with E-state index in [9.17, 15) is 0 Å². The van der Waals surface area contributed by atoms with Gasteiger partial charge in [-0.25, -0.2) is 5.84 Å². The SMILES string of the molecule is CCC1CCCCC1Oc1cncc(NN)n1. The summed E-state index contributed by atoms with van der Waals surface area (Å²) in [6, 6.07) is 0. The van der Waals surface area contributed by atoms with E-state index < -0.39 is 0 Å². The summed E-state index contributed by atoms with van der Waals surface area (Å²) in [6.07, 6.45) is 9.57. The number of nitrogens with zero attached hydrogens (tertiary/aromatic N) is 2. The molecular formula is C12H20N4O. The molecule has 1 aromatic heterocycles. The molecule has 94 valence electrons. The van der Waals surface area contributed by atoms with Gasteiger partial charge in [-0.3, -0.25) is 4.98 Å². The van der Waals surface area contributed by atoms with Gasteiger partial charge in [0, 0.05) is 0 Å². The van der Waals surface area contributed by atoms with Gasteiger partial charge in [0.1, 0.15) is 6.10 Å². The molecule has 0 amide bonds. The molecule has 2 unspecified atom stereocenters. The van der Waals surface area contributed by atoms with Crippen LogP contribution in [0, 0.1) is 5.92 Å². The molecule has 2 atom stereocenters. The molecular weight excluding hydrogens is 216 g/mol. The molecule has 1 aromatic rings. The van der Waals surface area contributed by atoms with Crippen molar-refractivity contribution in [3.63, 3.8) is 0 Å². The van der Waals surface area contributed by atoms with Crippen molar-refractivity contribution >= 4 is 5.82 Å². The van der Waals surface area contributed by atoms with Crippen molar-refractivity contribution < 1.29 is 4.74 Å². The molecule has 2 rings (SSSR count). The zero-order valence-corrected chi connectivity index (χ0v) is 10.2. The summed E-state index contributed by atoms with van der Waals surface area (Å²) in [5.74, 6) is 7.03. The lowest BCUT2D eigenvalue weighted by atomic mass is 9.85. The molecule has 1 fully saturated rings. The lowest BCUT2D eigenvalue weighted by Crippen LogP contribution is -2.30. The molecule has 1 saturated carbocycles. The van der Waals surface area contributed by atoms with Crippen LogP contribution in [0.25, 0.3) is 0 Å². The maximum Gasteiger partial charge on any atom is 0.234 e. The highest BCUT2D eigenvalue weighted by atomic mass is 16.5. The van der Waals surface area contributed by atoms with Crippen molar-refractivity contribution in [1.29, 1.82) is 0 Å². The number of rotatable bonds is 4. The summed E-state index contributed by atoms with van der Waals surface area (Å²) >= 11 is 0. The average Bonchev–Trinajstić information content (AvgIpc) is 2.39. The number of nitrogens with one attached hydrogen (secondary N) is 1. The number of hydrogen-bond donors (Lipinski definition) is 2. The van der Waals surface area contributed by atoms with Gasteiger partial charge in [0.15, 0.2) is 5.82 Å². The van der Waals surface area contributed by atoms with E-state index in [2.05, 4.69) is 22.3 Å². The van der Waals surface area contributed by atoms with Crippen LogP contribution in [-0.2, 0) is 0 Å². The Hall–Kier alpha value is -1.36. The summed E-state index contributed by atoms with van der Waals surface area (Å²) in [7, 11) is 0. The first kappa shape index (κ1) is 12.1. The van der Waals surface area contributed by atoms with Crippen LogP contribution in [-0.4, -0.2) is 16.1 Å². The highest BCUT2D eigenvalue weighted by Crippen LogP contribution is 2.29. The molecule has 0 aromatic carbocycles. The van der Waals surface area contributed by atoms with Gasteiger partial charge >= 0.3 is 0 Å². The third-order valence-electron chi connectivity index (χ3n) is 3.40. The van der Waals surface area contributed by atoms with Crippen LogP contribution in [0.2, 0.25) is 0 Å². The third-order valence-corrected chi connectivity index (χ3v) is 3.40. The van der Waals surface area contributed by atoms with Gasteiger partial charge < -0.3 is 10.2 Å². The van der Waals surface area contributed by atoms with E-state index in [0.29, 0.717) is 17.6 Å². The highest BCUT2D eigenvalue weighted by Gasteiger charge is 2.25. The van der Waals surface area contributed by atoms with Gasteiger partial charge in [0.2, 0.25) is 5.88 Å². The number of ether oxygens (including phenoxy) is 1. The lowest BCUT2D eigenvalue weighted by Gasteiger charge is -2.30. The Balaban J connectivity index is 2.02. The Kier molecular flexibility index (Phi) is 4.14. The van der Waals surface area contributed by atoms with Crippen LogP contribution < -0.4 is 16.0 Å². The second kappa shape index (κ2) is 5.82. The van der Waals surface area contributed by atoms with Gasteiger partial charge in [-0.1, -0.05) is 13.3 Å². The fourth-order valence-corrected chi connectivity index (χ4v) is 2.43. The Labute approximate surface area is 102 Å². The molecule has 1 aliphatic rings. The van der Waals surface area contributed by atoms with Crippen molar-refractivity contribution in [2.45, 2.75) is 45.1 Å². The molecule has 5 heteroatoms. The van der Waals surface area contributed by atoms with Gasteiger partial charge in [0.05, 0.1) is 12.4 Å². The van der Waals surface area contributed by atoms with Crippen molar-refractivity contribution in [2.75, 3.05) is 5.43 Å². The Morgan fingerprint density at radius 2 is 2.24 bits per heavy atom. The second-order valence-electron chi connectivity index (χ2n) is 4.50. The van der Waals surface area contributed by atoms with Crippen molar-refractivity contribution in [3.05, 3.63) is 12.4 Å². The Morgan fingerprint density at radius 1 is 1.41 bits per heavy atom. The predicted octanol–water partition coefficient (Wildman–Crippen LogP) is 2.11. The Bertz CT molecular complexity index is 358. The van der Waals surface area contributed by atoms with Gasteiger partial charge in [-0.05, 0) is 31.6 Å². The first-order valence-corrected chi connectivity index (χ1v) is 6.28. The normalized spacial score (nSPS) is 24.4. The largest absolute Gasteiger partial charge is 0.473 e. The van der Waals surface area contributed by atoms with Crippen molar-refractivity contribution in [3.8, 4) is 5.88 Å². The van der Waals surface area contributed by atoms with Crippen LogP contribution in [0.5, 0.6) is 5.88 Å². The molecule has 17 heavy (non-hydrogen) atoms. The van der Waals surface area contributed by atoms with Crippen LogP contribution in [0.4, 0.5) is 5.82 Å². The van der Waals surface area contributed by atoms with E-state index in [1.165, 1.54) is 19.3 Å². The second-order valence-corrected chi connectivity index (χ2v) is 4.50. The quantitative estimate of drug-likeness (QED) is 0.618. The molecule has 5 nitrogen and oxygen atoms in total. The van der Waals surface area contributed by atoms with Crippen LogP contribution >= 0.6 is 0 Å². The first-order chi connectivity index (χ1) is 8.33. The maximum atomic E-state index is 5.93. The number of nitrogen functional groups attached to an aromatic ring is 1. The lowest BCUT2D eigenvalue weighted by molar-refractivity contribution is 0.0856. The molecule has 1 heterocycles. The minimum Gasteiger partial charge on any atom is -0.473 e. The molecule has 0 saturated heterocycles.